The van der Waals surface area contributed by atoms with Gasteiger partial charge in [0.15, 0.2) is 11.5 Å². The van der Waals surface area contributed by atoms with Crippen molar-refractivity contribution < 1.29 is 28.6 Å². The van der Waals surface area contributed by atoms with E-state index in [1.165, 1.54) is 19.3 Å². The molecule has 1 fully saturated rings. The number of carbonyl (C=O) groups is 3. The molecule has 0 radical (unpaired) electrons. The number of benzene rings is 2. The molecule has 31 heavy (non-hydrogen) atoms. The molecule has 1 aliphatic rings. The van der Waals surface area contributed by atoms with Crippen molar-refractivity contribution in [1.29, 1.82) is 0 Å². The van der Waals surface area contributed by atoms with Crippen molar-refractivity contribution in [2.45, 2.75) is 13.8 Å². The Hall–Kier alpha value is -3.52. The minimum atomic E-state index is -0.866. The van der Waals surface area contributed by atoms with E-state index in [0.29, 0.717) is 36.0 Å². The number of halogens is 1. The predicted octanol–water partition coefficient (Wildman–Crippen LogP) is 3.81. The van der Waals surface area contributed by atoms with Crippen LogP contribution in [0.2, 0.25) is 5.02 Å². The van der Waals surface area contributed by atoms with Gasteiger partial charge in [0.25, 0.3) is 11.8 Å². The van der Waals surface area contributed by atoms with E-state index < -0.39 is 17.8 Å². The maximum Gasteiger partial charge on any atom is 0.336 e. The Morgan fingerprint density at radius 3 is 2.35 bits per heavy atom. The number of anilines is 1. The maximum atomic E-state index is 13.2. The van der Waals surface area contributed by atoms with Crippen LogP contribution >= 0.6 is 11.6 Å². The standard InChI is InChI=1S/C22H21ClN2O6/c1-4-30-17-9-7-6-8-16(17)25-21(27)14(20(26)24-22(25)28)10-13-11-19(31-5-2)18(29-3)12-15(13)23/h6-12H,4-5H2,1-3H3,(H,24,26,28)/b14-10+. The zero-order valence-electron chi connectivity index (χ0n) is 17.2. The summed E-state index contributed by atoms with van der Waals surface area (Å²) < 4.78 is 16.3. The Balaban J connectivity index is 2.07. The van der Waals surface area contributed by atoms with Gasteiger partial charge in [-0.15, -0.1) is 0 Å². The topological polar surface area (TPSA) is 94.2 Å². The van der Waals surface area contributed by atoms with Gasteiger partial charge >= 0.3 is 6.03 Å². The Morgan fingerprint density at radius 2 is 1.68 bits per heavy atom. The average Bonchev–Trinajstić information content (AvgIpc) is 2.74. The minimum absolute atomic E-state index is 0.223. The highest BCUT2D eigenvalue weighted by molar-refractivity contribution is 6.40. The molecule has 0 bridgehead atoms. The molecule has 162 valence electrons. The predicted molar refractivity (Wildman–Crippen MR) is 116 cm³/mol. The van der Waals surface area contributed by atoms with Gasteiger partial charge in [0.1, 0.15) is 11.3 Å². The van der Waals surface area contributed by atoms with Crippen LogP contribution in [0.5, 0.6) is 17.2 Å². The second kappa shape index (κ2) is 9.53. The quantitative estimate of drug-likeness (QED) is 0.515. The number of hydrogen-bond donors (Lipinski definition) is 1. The first-order chi connectivity index (χ1) is 14.9. The van der Waals surface area contributed by atoms with Crippen LogP contribution < -0.4 is 24.4 Å². The molecular formula is C22H21ClN2O6. The number of carbonyl (C=O) groups excluding carboxylic acids is 3. The molecule has 3 rings (SSSR count). The zero-order chi connectivity index (χ0) is 22.5. The van der Waals surface area contributed by atoms with Crippen LogP contribution in [0.15, 0.2) is 42.0 Å². The fourth-order valence-electron chi connectivity index (χ4n) is 3.04. The van der Waals surface area contributed by atoms with Crippen LogP contribution in [0.3, 0.4) is 0 Å². The highest BCUT2D eigenvalue weighted by atomic mass is 35.5. The number of imide groups is 2. The first-order valence-electron chi connectivity index (χ1n) is 9.54. The largest absolute Gasteiger partial charge is 0.493 e. The molecule has 4 amide bonds. The summed E-state index contributed by atoms with van der Waals surface area (Å²) in [4.78, 5) is 39.0. The van der Waals surface area contributed by atoms with Crippen LogP contribution in [0.1, 0.15) is 19.4 Å². The van der Waals surface area contributed by atoms with E-state index in [4.69, 9.17) is 25.8 Å². The molecule has 0 spiro atoms. The SMILES string of the molecule is CCOc1cc(/C=C2\C(=O)NC(=O)N(c3ccccc3OCC)C2=O)c(Cl)cc1OC. The van der Waals surface area contributed by atoms with Gasteiger partial charge in [-0.25, -0.2) is 9.69 Å². The lowest BCUT2D eigenvalue weighted by molar-refractivity contribution is -0.122. The fraction of sp³-hybridized carbons (Fsp3) is 0.227. The van der Waals surface area contributed by atoms with E-state index in [1.807, 2.05) is 6.92 Å². The van der Waals surface area contributed by atoms with Crippen molar-refractivity contribution in [1.82, 2.24) is 5.32 Å². The number of barbiturate groups is 1. The van der Waals surface area contributed by atoms with Crippen molar-refractivity contribution in [3.8, 4) is 17.2 Å². The van der Waals surface area contributed by atoms with Crippen molar-refractivity contribution >= 4 is 41.2 Å². The molecule has 0 aliphatic carbocycles. The molecule has 2 aromatic rings. The number of amides is 4. The normalized spacial score (nSPS) is 15.2. The summed E-state index contributed by atoms with van der Waals surface area (Å²) in [6.45, 7) is 4.31. The van der Waals surface area contributed by atoms with E-state index in [0.717, 1.165) is 4.90 Å². The summed E-state index contributed by atoms with van der Waals surface area (Å²) in [7, 11) is 1.48. The van der Waals surface area contributed by atoms with E-state index in [9.17, 15) is 14.4 Å². The molecule has 1 heterocycles. The van der Waals surface area contributed by atoms with Crippen LogP contribution in [0.25, 0.3) is 6.08 Å². The minimum Gasteiger partial charge on any atom is -0.493 e. The number of para-hydroxylation sites is 2. The fourth-order valence-corrected chi connectivity index (χ4v) is 3.25. The second-order valence-corrected chi connectivity index (χ2v) is 6.72. The summed E-state index contributed by atoms with van der Waals surface area (Å²) in [5.74, 6) is -0.477. The molecule has 0 unspecified atom stereocenters. The molecule has 2 aromatic carbocycles. The van der Waals surface area contributed by atoms with Gasteiger partial charge in [-0.1, -0.05) is 23.7 Å². The van der Waals surface area contributed by atoms with Gasteiger partial charge in [0.05, 0.1) is 31.0 Å². The molecular weight excluding hydrogens is 424 g/mol. The number of nitrogens with one attached hydrogen (secondary N) is 1. The van der Waals surface area contributed by atoms with Gasteiger partial charge in [-0.3, -0.25) is 14.9 Å². The molecule has 0 aromatic heterocycles. The number of urea groups is 1. The van der Waals surface area contributed by atoms with Gasteiger partial charge in [-0.05, 0) is 43.7 Å². The lowest BCUT2D eigenvalue weighted by Gasteiger charge is -2.27. The summed E-state index contributed by atoms with van der Waals surface area (Å²) in [5.41, 5.74) is 0.318. The lowest BCUT2D eigenvalue weighted by atomic mass is 10.1. The molecule has 8 nitrogen and oxygen atoms in total. The smallest absolute Gasteiger partial charge is 0.336 e. The molecule has 1 saturated heterocycles. The van der Waals surface area contributed by atoms with Gasteiger partial charge in [0, 0.05) is 6.07 Å². The number of ether oxygens (including phenoxy) is 3. The van der Waals surface area contributed by atoms with Crippen molar-refractivity contribution in [3.05, 3.63) is 52.6 Å². The van der Waals surface area contributed by atoms with Crippen molar-refractivity contribution in [3.63, 3.8) is 0 Å². The van der Waals surface area contributed by atoms with Gasteiger partial charge < -0.3 is 14.2 Å². The molecule has 0 saturated carbocycles. The highest BCUT2D eigenvalue weighted by Gasteiger charge is 2.38. The Morgan fingerprint density at radius 1 is 1.00 bits per heavy atom. The van der Waals surface area contributed by atoms with Crippen molar-refractivity contribution in [2.75, 3.05) is 25.2 Å². The number of hydrogen-bond acceptors (Lipinski definition) is 6. The van der Waals surface area contributed by atoms with Gasteiger partial charge in [-0.2, -0.15) is 0 Å². The second-order valence-electron chi connectivity index (χ2n) is 6.32. The van der Waals surface area contributed by atoms with Crippen LogP contribution in [0.4, 0.5) is 10.5 Å². The third kappa shape index (κ3) is 4.49. The van der Waals surface area contributed by atoms with E-state index in [1.54, 1.807) is 37.3 Å². The number of methoxy groups -OCH3 is 1. The first-order valence-corrected chi connectivity index (χ1v) is 9.92. The first kappa shape index (κ1) is 22.2. The van der Waals surface area contributed by atoms with Crippen LogP contribution in [0, 0.1) is 0 Å². The van der Waals surface area contributed by atoms with E-state index >= 15 is 0 Å². The Kier molecular flexibility index (Phi) is 6.81. The molecule has 1 aliphatic heterocycles. The van der Waals surface area contributed by atoms with E-state index in [2.05, 4.69) is 5.32 Å². The average molecular weight is 445 g/mol. The summed E-state index contributed by atoms with van der Waals surface area (Å²) in [5, 5.41) is 2.43. The van der Waals surface area contributed by atoms with Crippen molar-refractivity contribution in [2.24, 2.45) is 0 Å². The Bertz CT molecular complexity index is 1070. The molecule has 9 heteroatoms. The maximum absolute atomic E-state index is 13.2. The number of nitrogens with zero attached hydrogens (tertiary/aromatic N) is 1. The summed E-state index contributed by atoms with van der Waals surface area (Å²) in [6, 6.07) is 8.79. The van der Waals surface area contributed by atoms with E-state index in [-0.39, 0.29) is 16.3 Å². The van der Waals surface area contributed by atoms with Gasteiger partial charge in [0.2, 0.25) is 0 Å². The number of rotatable bonds is 7. The van der Waals surface area contributed by atoms with Crippen LogP contribution in [-0.2, 0) is 9.59 Å². The zero-order valence-corrected chi connectivity index (χ0v) is 18.0. The molecule has 0 atom stereocenters. The Labute approximate surface area is 184 Å². The lowest BCUT2D eigenvalue weighted by Crippen LogP contribution is -2.54. The highest BCUT2D eigenvalue weighted by Crippen LogP contribution is 2.36. The summed E-state index contributed by atoms with van der Waals surface area (Å²) in [6.07, 6.45) is 1.31. The molecule has 1 N–H and O–H groups in total. The third-order valence-electron chi connectivity index (χ3n) is 4.39. The summed E-state index contributed by atoms with van der Waals surface area (Å²) >= 11 is 6.32. The van der Waals surface area contributed by atoms with Crippen LogP contribution in [-0.4, -0.2) is 38.2 Å². The third-order valence-corrected chi connectivity index (χ3v) is 4.72. The monoisotopic (exact) mass is 444 g/mol.